The van der Waals surface area contributed by atoms with Crippen molar-refractivity contribution in [2.45, 2.75) is 24.7 Å². The molecule has 1 aromatic carbocycles. The lowest BCUT2D eigenvalue weighted by Gasteiger charge is -2.10. The number of hydrogen-bond donors (Lipinski definition) is 2. The monoisotopic (exact) mass is 336 g/mol. The summed E-state index contributed by atoms with van der Waals surface area (Å²) in [5.74, 6) is -0.891. The molecule has 1 heterocycles. The van der Waals surface area contributed by atoms with E-state index in [1.54, 1.807) is 48.9 Å². The molecular formula is C16H20N2O4S. The molecule has 0 aliphatic carbocycles. The number of nitrogens with zero attached hydrogens (tertiary/aromatic N) is 1. The van der Waals surface area contributed by atoms with Gasteiger partial charge in [0.1, 0.15) is 0 Å². The highest BCUT2D eigenvalue weighted by Crippen LogP contribution is 2.14. The van der Waals surface area contributed by atoms with Crippen molar-refractivity contribution in [2.24, 2.45) is 7.05 Å². The first kappa shape index (κ1) is 17.2. The first-order chi connectivity index (χ1) is 10.8. The third-order valence-corrected chi connectivity index (χ3v) is 5.34. The van der Waals surface area contributed by atoms with Crippen LogP contribution in [0.15, 0.2) is 41.3 Å². The van der Waals surface area contributed by atoms with Crippen LogP contribution in [-0.2, 0) is 34.7 Å². The van der Waals surface area contributed by atoms with E-state index in [0.717, 1.165) is 5.69 Å². The molecule has 0 bridgehead atoms. The molecule has 6 nitrogen and oxygen atoms in total. The Hall–Kier alpha value is -2.12. The van der Waals surface area contributed by atoms with E-state index in [1.165, 1.54) is 0 Å². The second kappa shape index (κ2) is 6.97. The van der Waals surface area contributed by atoms with Crippen LogP contribution >= 0.6 is 0 Å². The van der Waals surface area contributed by atoms with Gasteiger partial charge in [-0.1, -0.05) is 18.2 Å². The molecule has 0 radical (unpaired) electrons. The number of carbonyl (C=O) groups is 1. The molecule has 0 saturated carbocycles. The van der Waals surface area contributed by atoms with Crippen LogP contribution < -0.4 is 4.72 Å². The van der Waals surface area contributed by atoms with Gasteiger partial charge >= 0.3 is 5.97 Å². The summed E-state index contributed by atoms with van der Waals surface area (Å²) in [6.45, 7) is 2.00. The van der Waals surface area contributed by atoms with Crippen LogP contribution in [0.3, 0.4) is 0 Å². The smallest absolute Gasteiger partial charge is 0.309 e. The number of rotatable bonds is 7. The third kappa shape index (κ3) is 4.20. The standard InChI is InChI=1S/C16H20N2O4S/c1-12-5-3-4-6-15(12)23(21,22)17-10-9-13-7-8-14(18(13)2)11-16(19)20/h3-8,17H,9-11H2,1-2H3,(H,19,20). The Morgan fingerprint density at radius 3 is 2.48 bits per heavy atom. The van der Waals surface area contributed by atoms with Crippen LogP contribution in [0.4, 0.5) is 0 Å². The molecule has 0 amide bonds. The Bertz CT molecular complexity index is 809. The van der Waals surface area contributed by atoms with Gasteiger partial charge in [-0.2, -0.15) is 0 Å². The number of carboxylic acid groups (broad SMARTS) is 1. The van der Waals surface area contributed by atoms with Crippen LogP contribution in [0, 0.1) is 6.92 Å². The lowest BCUT2D eigenvalue weighted by Crippen LogP contribution is -2.27. The summed E-state index contributed by atoms with van der Waals surface area (Å²) in [5.41, 5.74) is 2.27. The Balaban J connectivity index is 2.01. The maximum atomic E-state index is 12.3. The normalized spacial score (nSPS) is 11.6. The number of carboxylic acids is 1. The summed E-state index contributed by atoms with van der Waals surface area (Å²) in [7, 11) is -1.76. The molecule has 0 fully saturated rings. The molecule has 0 unspecified atom stereocenters. The number of aliphatic carboxylic acids is 1. The highest BCUT2D eigenvalue weighted by atomic mass is 32.2. The second-order valence-electron chi connectivity index (χ2n) is 5.36. The van der Waals surface area contributed by atoms with Crippen molar-refractivity contribution >= 4 is 16.0 Å². The molecule has 23 heavy (non-hydrogen) atoms. The fourth-order valence-electron chi connectivity index (χ4n) is 2.43. The number of nitrogens with one attached hydrogen (secondary N) is 1. The maximum absolute atomic E-state index is 12.3. The molecule has 0 saturated heterocycles. The second-order valence-corrected chi connectivity index (χ2v) is 7.09. The van der Waals surface area contributed by atoms with Gasteiger partial charge in [0, 0.05) is 31.4 Å². The van der Waals surface area contributed by atoms with Crippen molar-refractivity contribution in [3.8, 4) is 0 Å². The lowest BCUT2D eigenvalue weighted by atomic mass is 10.2. The zero-order valence-corrected chi connectivity index (χ0v) is 13.9. The zero-order chi connectivity index (χ0) is 17.0. The first-order valence-corrected chi connectivity index (χ1v) is 8.70. The van der Waals surface area contributed by atoms with Gasteiger partial charge < -0.3 is 9.67 Å². The minimum Gasteiger partial charge on any atom is -0.481 e. The Kier molecular flexibility index (Phi) is 5.23. The van der Waals surface area contributed by atoms with Crippen molar-refractivity contribution in [2.75, 3.05) is 6.54 Å². The molecule has 2 rings (SSSR count). The Morgan fingerprint density at radius 2 is 1.83 bits per heavy atom. The van der Waals surface area contributed by atoms with Gasteiger partial charge in [0.15, 0.2) is 0 Å². The maximum Gasteiger partial charge on any atom is 0.309 e. The fourth-order valence-corrected chi connectivity index (χ4v) is 3.71. The molecule has 2 aromatic rings. The van der Waals surface area contributed by atoms with E-state index in [0.29, 0.717) is 17.7 Å². The summed E-state index contributed by atoms with van der Waals surface area (Å²) in [6, 6.07) is 10.4. The molecular weight excluding hydrogens is 316 g/mol. The van der Waals surface area contributed by atoms with E-state index in [9.17, 15) is 13.2 Å². The number of aryl methyl sites for hydroxylation is 1. The lowest BCUT2D eigenvalue weighted by molar-refractivity contribution is -0.136. The van der Waals surface area contributed by atoms with Crippen molar-refractivity contribution < 1.29 is 18.3 Å². The van der Waals surface area contributed by atoms with Crippen LogP contribution in [-0.4, -0.2) is 30.6 Å². The Morgan fingerprint density at radius 1 is 1.17 bits per heavy atom. The van der Waals surface area contributed by atoms with Gasteiger partial charge in [-0.05, 0) is 30.7 Å². The molecule has 2 N–H and O–H groups in total. The summed E-state index contributed by atoms with van der Waals surface area (Å²) in [4.78, 5) is 11.0. The summed E-state index contributed by atoms with van der Waals surface area (Å²) < 4.78 is 28.9. The van der Waals surface area contributed by atoms with Crippen molar-refractivity contribution in [3.05, 3.63) is 53.3 Å². The van der Waals surface area contributed by atoms with Gasteiger partial charge in [0.25, 0.3) is 0 Å². The molecule has 7 heteroatoms. The number of hydrogen-bond acceptors (Lipinski definition) is 3. The Labute approximate surface area is 135 Å². The highest BCUT2D eigenvalue weighted by Gasteiger charge is 2.16. The van der Waals surface area contributed by atoms with Crippen LogP contribution in [0.25, 0.3) is 0 Å². The molecule has 0 spiro atoms. The molecule has 0 aliphatic heterocycles. The highest BCUT2D eigenvalue weighted by molar-refractivity contribution is 7.89. The molecule has 0 atom stereocenters. The molecule has 0 aliphatic rings. The number of benzene rings is 1. The first-order valence-electron chi connectivity index (χ1n) is 7.22. The van der Waals surface area contributed by atoms with Crippen LogP contribution in [0.1, 0.15) is 17.0 Å². The van der Waals surface area contributed by atoms with Gasteiger partial charge in [-0.3, -0.25) is 4.79 Å². The summed E-state index contributed by atoms with van der Waals surface area (Å²) in [6.07, 6.45) is 0.437. The predicted molar refractivity (Wildman–Crippen MR) is 86.8 cm³/mol. The van der Waals surface area contributed by atoms with E-state index in [4.69, 9.17) is 5.11 Å². The SMILES string of the molecule is Cc1ccccc1S(=O)(=O)NCCc1ccc(CC(=O)O)n1C. The molecule has 124 valence electrons. The zero-order valence-electron chi connectivity index (χ0n) is 13.1. The predicted octanol–water partition coefficient (Wildman–Crippen LogP) is 1.48. The third-order valence-electron chi connectivity index (χ3n) is 3.72. The quantitative estimate of drug-likeness (QED) is 0.801. The van der Waals surface area contributed by atoms with Crippen LogP contribution in [0.2, 0.25) is 0 Å². The van der Waals surface area contributed by atoms with Gasteiger partial charge in [0.2, 0.25) is 10.0 Å². The number of aromatic nitrogens is 1. The average Bonchev–Trinajstić information content (AvgIpc) is 2.80. The van der Waals surface area contributed by atoms with Gasteiger partial charge in [0.05, 0.1) is 11.3 Å². The van der Waals surface area contributed by atoms with Crippen molar-refractivity contribution in [3.63, 3.8) is 0 Å². The van der Waals surface area contributed by atoms with Crippen molar-refractivity contribution in [1.82, 2.24) is 9.29 Å². The largest absolute Gasteiger partial charge is 0.481 e. The summed E-state index contributed by atoms with van der Waals surface area (Å²) in [5, 5.41) is 8.83. The van der Waals surface area contributed by atoms with Gasteiger partial charge in [-0.25, -0.2) is 13.1 Å². The topological polar surface area (TPSA) is 88.4 Å². The summed E-state index contributed by atoms with van der Waals surface area (Å²) >= 11 is 0. The molecule has 1 aromatic heterocycles. The average molecular weight is 336 g/mol. The minimum absolute atomic E-state index is 0.0502. The van der Waals surface area contributed by atoms with E-state index in [-0.39, 0.29) is 17.9 Å². The fraction of sp³-hybridized carbons (Fsp3) is 0.312. The van der Waals surface area contributed by atoms with E-state index >= 15 is 0 Å². The van der Waals surface area contributed by atoms with E-state index in [1.807, 2.05) is 6.07 Å². The number of sulfonamides is 1. The van der Waals surface area contributed by atoms with Gasteiger partial charge in [-0.15, -0.1) is 0 Å². The van der Waals surface area contributed by atoms with Crippen molar-refractivity contribution in [1.29, 1.82) is 0 Å². The minimum atomic E-state index is -3.54. The van der Waals surface area contributed by atoms with E-state index < -0.39 is 16.0 Å². The van der Waals surface area contributed by atoms with Crippen LogP contribution in [0.5, 0.6) is 0 Å². The van der Waals surface area contributed by atoms with E-state index in [2.05, 4.69) is 4.72 Å².